The fourth-order valence-electron chi connectivity index (χ4n) is 3.88. The molecule has 0 saturated heterocycles. The summed E-state index contributed by atoms with van der Waals surface area (Å²) in [5, 5.41) is 13.4. The average Bonchev–Trinajstić information content (AvgIpc) is 2.54. The van der Waals surface area contributed by atoms with E-state index in [1.54, 1.807) is 0 Å². The number of halogens is 1. The highest BCUT2D eigenvalue weighted by atomic mass is 127. The lowest BCUT2D eigenvalue weighted by molar-refractivity contribution is 0.319. The molecule has 0 heterocycles. The molecule has 1 aliphatic rings. The van der Waals surface area contributed by atoms with Crippen LogP contribution in [0.2, 0.25) is 0 Å². The lowest BCUT2D eigenvalue weighted by atomic mass is 9.62. The van der Waals surface area contributed by atoms with Crippen molar-refractivity contribution in [3.8, 4) is 0 Å². The van der Waals surface area contributed by atoms with Crippen LogP contribution in [0.3, 0.4) is 0 Å². The molecule has 0 radical (unpaired) electrons. The number of oxime groups is 1. The minimum atomic E-state index is 0.138. The molecule has 0 saturated carbocycles. The maximum absolute atomic E-state index is 9.77. The lowest BCUT2D eigenvalue weighted by Crippen LogP contribution is -2.34. The van der Waals surface area contributed by atoms with Gasteiger partial charge in [0, 0.05) is 14.7 Å². The first-order valence-electron chi connectivity index (χ1n) is 8.80. The van der Waals surface area contributed by atoms with Gasteiger partial charge in [0.1, 0.15) is 5.71 Å². The van der Waals surface area contributed by atoms with E-state index in [4.69, 9.17) is 0 Å². The van der Waals surface area contributed by atoms with Crippen LogP contribution in [0.1, 0.15) is 68.4 Å². The van der Waals surface area contributed by atoms with Gasteiger partial charge in [-0.2, -0.15) is 0 Å². The van der Waals surface area contributed by atoms with Crippen LogP contribution in [0.4, 0.5) is 0 Å². The topological polar surface area (TPSA) is 32.6 Å². The molecular formula is C22H26INO. The number of nitrogens with zero attached hydrogens (tertiary/aromatic N) is 1. The Morgan fingerprint density at radius 3 is 2.16 bits per heavy atom. The fourth-order valence-corrected chi connectivity index (χ4v) is 4.42. The van der Waals surface area contributed by atoms with Crippen molar-refractivity contribution < 1.29 is 5.21 Å². The van der Waals surface area contributed by atoms with E-state index in [1.165, 1.54) is 24.0 Å². The smallest absolute Gasteiger partial charge is 0.117 e. The Morgan fingerprint density at radius 1 is 1.00 bits per heavy atom. The van der Waals surface area contributed by atoms with Crippen LogP contribution in [0, 0.1) is 10.5 Å². The quantitative estimate of drug-likeness (QED) is 0.254. The second-order valence-electron chi connectivity index (χ2n) is 8.44. The monoisotopic (exact) mass is 447 g/mol. The van der Waals surface area contributed by atoms with E-state index >= 15 is 0 Å². The molecule has 2 aromatic rings. The van der Waals surface area contributed by atoms with Gasteiger partial charge in [-0.25, -0.2) is 0 Å². The molecule has 0 bridgehead atoms. The third-order valence-corrected chi connectivity index (χ3v) is 6.32. The summed E-state index contributed by atoms with van der Waals surface area (Å²) >= 11 is 2.29. The summed E-state index contributed by atoms with van der Waals surface area (Å²) in [6, 6.07) is 12.7. The molecule has 0 amide bonds. The maximum atomic E-state index is 9.77. The van der Waals surface area contributed by atoms with Gasteiger partial charge in [-0.3, -0.25) is 0 Å². The number of benzene rings is 2. The Morgan fingerprint density at radius 2 is 1.60 bits per heavy atom. The van der Waals surface area contributed by atoms with Crippen LogP contribution in [0.5, 0.6) is 0 Å². The highest BCUT2D eigenvalue weighted by molar-refractivity contribution is 14.1. The molecule has 3 heteroatoms. The summed E-state index contributed by atoms with van der Waals surface area (Å²) < 4.78 is 1.13. The van der Waals surface area contributed by atoms with E-state index in [0.717, 1.165) is 20.3 Å². The number of rotatable bonds is 2. The molecule has 0 atom stereocenters. The third kappa shape index (κ3) is 3.35. The predicted molar refractivity (Wildman–Crippen MR) is 113 cm³/mol. The highest BCUT2D eigenvalue weighted by Crippen LogP contribution is 2.46. The predicted octanol–water partition coefficient (Wildman–Crippen LogP) is 6.18. The van der Waals surface area contributed by atoms with E-state index in [0.29, 0.717) is 5.71 Å². The summed E-state index contributed by atoms with van der Waals surface area (Å²) in [5.74, 6) is 0. The summed E-state index contributed by atoms with van der Waals surface area (Å²) in [4.78, 5) is 0. The Hall–Kier alpha value is -1.36. The number of aryl methyl sites for hydroxylation is 1. The molecule has 0 unspecified atom stereocenters. The van der Waals surface area contributed by atoms with Crippen molar-refractivity contribution in [1.82, 2.24) is 0 Å². The van der Waals surface area contributed by atoms with Crippen molar-refractivity contribution in [3.05, 3.63) is 67.8 Å². The van der Waals surface area contributed by atoms with E-state index in [-0.39, 0.29) is 10.8 Å². The zero-order chi connectivity index (χ0) is 18.4. The summed E-state index contributed by atoms with van der Waals surface area (Å²) in [5.41, 5.74) is 6.93. The van der Waals surface area contributed by atoms with E-state index < -0.39 is 0 Å². The molecule has 0 fully saturated rings. The lowest BCUT2D eigenvalue weighted by Gasteiger charge is -2.42. The second kappa shape index (κ2) is 6.42. The molecule has 0 spiro atoms. The van der Waals surface area contributed by atoms with Crippen molar-refractivity contribution in [2.24, 2.45) is 5.16 Å². The Kier molecular flexibility index (Phi) is 4.73. The van der Waals surface area contributed by atoms with Gasteiger partial charge in [-0.05, 0) is 88.1 Å². The van der Waals surface area contributed by atoms with Crippen LogP contribution < -0.4 is 0 Å². The molecule has 0 aliphatic heterocycles. The molecule has 132 valence electrons. The van der Waals surface area contributed by atoms with Gasteiger partial charge in [-0.1, -0.05) is 51.0 Å². The average molecular weight is 447 g/mol. The van der Waals surface area contributed by atoms with Crippen molar-refractivity contribution >= 4 is 28.3 Å². The zero-order valence-corrected chi connectivity index (χ0v) is 17.8. The molecule has 0 aromatic heterocycles. The van der Waals surface area contributed by atoms with Crippen molar-refractivity contribution in [2.45, 2.75) is 58.3 Å². The normalized spacial score (nSPS) is 18.7. The van der Waals surface area contributed by atoms with Crippen molar-refractivity contribution in [2.75, 3.05) is 0 Å². The molecule has 2 nitrogen and oxygen atoms in total. The van der Waals surface area contributed by atoms with Gasteiger partial charge in [-0.15, -0.1) is 0 Å². The van der Waals surface area contributed by atoms with Gasteiger partial charge < -0.3 is 5.21 Å². The zero-order valence-electron chi connectivity index (χ0n) is 15.7. The second-order valence-corrected chi connectivity index (χ2v) is 9.69. The van der Waals surface area contributed by atoms with E-state index in [9.17, 15) is 5.21 Å². The summed E-state index contributed by atoms with van der Waals surface area (Å²) in [7, 11) is 0. The van der Waals surface area contributed by atoms with Gasteiger partial charge in [0.2, 0.25) is 0 Å². The molecule has 25 heavy (non-hydrogen) atoms. The van der Waals surface area contributed by atoms with Gasteiger partial charge in [0.15, 0.2) is 0 Å². The highest BCUT2D eigenvalue weighted by Gasteiger charge is 2.37. The van der Waals surface area contributed by atoms with Crippen LogP contribution in [0.25, 0.3) is 0 Å². The Bertz CT molecular complexity index is 849. The fraction of sp³-hybridized carbons (Fsp3) is 0.409. The number of hydrogen-bond donors (Lipinski definition) is 1. The number of fused-ring (bicyclic) bond motifs is 1. The van der Waals surface area contributed by atoms with Gasteiger partial charge in [0.05, 0.1) is 0 Å². The minimum Gasteiger partial charge on any atom is -0.410 e. The molecule has 3 rings (SSSR count). The van der Waals surface area contributed by atoms with Crippen LogP contribution >= 0.6 is 22.6 Å². The molecule has 2 aromatic carbocycles. The Balaban J connectivity index is 2.22. The summed E-state index contributed by atoms with van der Waals surface area (Å²) in [6.45, 7) is 11.4. The largest absolute Gasteiger partial charge is 0.410 e. The Labute approximate surface area is 164 Å². The first-order chi connectivity index (χ1) is 11.7. The minimum absolute atomic E-state index is 0.138. The maximum Gasteiger partial charge on any atom is 0.117 e. The van der Waals surface area contributed by atoms with Crippen LogP contribution in [0.15, 0.2) is 41.6 Å². The SMILES string of the molecule is Cc1cc2c(cc1C(=NO)c1cccc(I)c1)C(C)(C)CCC2(C)C. The standard InChI is InChI=1S/C22H26INO/c1-14-11-18-19(22(4,5)10-9-21(18,2)3)13-17(14)20(24-25)15-7-6-8-16(23)12-15/h6-8,11-13,25H,9-10H2,1-5H3. The van der Waals surface area contributed by atoms with Crippen LogP contribution in [-0.4, -0.2) is 10.9 Å². The van der Waals surface area contributed by atoms with Gasteiger partial charge in [0.25, 0.3) is 0 Å². The molecule has 1 aliphatic carbocycles. The molecule has 1 N–H and O–H groups in total. The first-order valence-corrected chi connectivity index (χ1v) is 9.87. The molecular weight excluding hydrogens is 421 g/mol. The third-order valence-electron chi connectivity index (χ3n) is 5.65. The van der Waals surface area contributed by atoms with E-state index in [1.807, 2.05) is 18.2 Å². The van der Waals surface area contributed by atoms with E-state index in [2.05, 4.69) is 80.6 Å². The van der Waals surface area contributed by atoms with Gasteiger partial charge >= 0.3 is 0 Å². The first kappa shape index (κ1) is 18.4. The summed E-state index contributed by atoms with van der Waals surface area (Å²) in [6.07, 6.45) is 2.37. The number of hydrogen-bond acceptors (Lipinski definition) is 2. The van der Waals surface area contributed by atoms with Crippen LogP contribution in [-0.2, 0) is 10.8 Å². The van der Waals surface area contributed by atoms with Crippen molar-refractivity contribution in [1.29, 1.82) is 0 Å². The van der Waals surface area contributed by atoms with Crippen molar-refractivity contribution in [3.63, 3.8) is 0 Å².